The van der Waals surface area contributed by atoms with Crippen LogP contribution in [-0.2, 0) is 13.0 Å². The number of aryl methyl sites for hydroxylation is 1. The van der Waals surface area contributed by atoms with Gasteiger partial charge in [0.2, 0.25) is 0 Å². The number of nitrogen functional groups attached to an aromatic ring is 1. The van der Waals surface area contributed by atoms with E-state index in [0.29, 0.717) is 0 Å². The highest BCUT2D eigenvalue weighted by atomic mass is 15.1. The third-order valence-electron chi connectivity index (χ3n) is 4.78. The summed E-state index contributed by atoms with van der Waals surface area (Å²) >= 11 is 0. The first-order chi connectivity index (χ1) is 9.69. The van der Waals surface area contributed by atoms with Crippen LogP contribution in [0.15, 0.2) is 18.2 Å². The van der Waals surface area contributed by atoms with Gasteiger partial charge in [0.25, 0.3) is 0 Å². The number of hydrogen-bond acceptors (Lipinski definition) is 2. The van der Waals surface area contributed by atoms with Gasteiger partial charge in [0.1, 0.15) is 5.82 Å². The molecule has 0 aliphatic heterocycles. The molecule has 2 N–H and O–H groups in total. The zero-order chi connectivity index (χ0) is 14.1. The summed E-state index contributed by atoms with van der Waals surface area (Å²) in [6.45, 7) is 5.74. The summed E-state index contributed by atoms with van der Waals surface area (Å²) in [5.74, 6) is 2.88. The van der Waals surface area contributed by atoms with Crippen molar-refractivity contribution in [3.05, 3.63) is 24.0 Å². The Hall–Kier alpha value is -1.51. The Labute approximate surface area is 121 Å². The summed E-state index contributed by atoms with van der Waals surface area (Å²) in [5.41, 5.74) is 9.00. The van der Waals surface area contributed by atoms with Gasteiger partial charge in [0, 0.05) is 18.7 Å². The monoisotopic (exact) mass is 271 g/mol. The van der Waals surface area contributed by atoms with E-state index in [-0.39, 0.29) is 0 Å². The van der Waals surface area contributed by atoms with E-state index in [0.717, 1.165) is 42.4 Å². The molecule has 0 spiro atoms. The first-order valence-electron chi connectivity index (χ1n) is 7.93. The molecule has 3 heteroatoms. The minimum absolute atomic E-state index is 0.805. The summed E-state index contributed by atoms with van der Waals surface area (Å²) < 4.78 is 2.45. The van der Waals surface area contributed by atoms with Crippen LogP contribution in [0.5, 0.6) is 0 Å². The van der Waals surface area contributed by atoms with Crippen LogP contribution in [-0.4, -0.2) is 9.55 Å². The SMILES string of the molecule is CCCc1nc2cc(N)ccc2n1CC1CCCC1C. The first-order valence-corrected chi connectivity index (χ1v) is 7.93. The van der Waals surface area contributed by atoms with E-state index in [9.17, 15) is 0 Å². The van der Waals surface area contributed by atoms with Gasteiger partial charge in [-0.15, -0.1) is 0 Å². The lowest BCUT2D eigenvalue weighted by molar-refractivity contribution is 0.363. The maximum Gasteiger partial charge on any atom is 0.109 e. The average Bonchev–Trinajstić information content (AvgIpc) is 2.96. The molecule has 1 aliphatic carbocycles. The molecule has 3 nitrogen and oxygen atoms in total. The molecule has 1 saturated carbocycles. The molecule has 3 rings (SSSR count). The van der Waals surface area contributed by atoms with E-state index < -0.39 is 0 Å². The molecule has 0 saturated heterocycles. The van der Waals surface area contributed by atoms with Crippen molar-refractivity contribution in [2.24, 2.45) is 11.8 Å². The standard InChI is InChI=1S/C17H25N3/c1-3-5-17-19-15-10-14(18)8-9-16(15)20(17)11-13-7-4-6-12(13)2/h8-10,12-13H,3-7,11,18H2,1-2H3. The Kier molecular flexibility index (Phi) is 3.68. The van der Waals surface area contributed by atoms with Crippen molar-refractivity contribution >= 4 is 16.7 Å². The number of aromatic nitrogens is 2. The van der Waals surface area contributed by atoms with E-state index in [1.165, 1.54) is 30.6 Å². The van der Waals surface area contributed by atoms with Crippen LogP contribution in [0.1, 0.15) is 45.4 Å². The molecular weight excluding hydrogens is 246 g/mol. The summed E-state index contributed by atoms with van der Waals surface area (Å²) in [7, 11) is 0. The van der Waals surface area contributed by atoms with E-state index in [1.807, 2.05) is 12.1 Å². The van der Waals surface area contributed by atoms with Gasteiger partial charge in [-0.25, -0.2) is 4.98 Å². The number of imidazole rings is 1. The van der Waals surface area contributed by atoms with Crippen LogP contribution in [0.3, 0.4) is 0 Å². The van der Waals surface area contributed by atoms with E-state index >= 15 is 0 Å². The molecule has 1 aliphatic rings. The second-order valence-electron chi connectivity index (χ2n) is 6.31. The molecule has 1 aromatic heterocycles. The lowest BCUT2D eigenvalue weighted by Gasteiger charge is -2.18. The summed E-state index contributed by atoms with van der Waals surface area (Å²) in [5, 5.41) is 0. The van der Waals surface area contributed by atoms with Crippen molar-refractivity contribution in [2.75, 3.05) is 5.73 Å². The largest absolute Gasteiger partial charge is 0.399 e. The minimum atomic E-state index is 0.805. The fraction of sp³-hybridized carbons (Fsp3) is 0.588. The molecule has 108 valence electrons. The fourth-order valence-electron chi connectivity index (χ4n) is 3.54. The van der Waals surface area contributed by atoms with Crippen molar-refractivity contribution in [1.82, 2.24) is 9.55 Å². The fourth-order valence-corrected chi connectivity index (χ4v) is 3.54. The van der Waals surface area contributed by atoms with Gasteiger partial charge in [-0.05, 0) is 42.9 Å². The van der Waals surface area contributed by atoms with Crippen LogP contribution in [0, 0.1) is 11.8 Å². The molecule has 20 heavy (non-hydrogen) atoms. The number of hydrogen-bond donors (Lipinski definition) is 1. The maximum absolute atomic E-state index is 5.89. The Balaban J connectivity index is 1.99. The smallest absolute Gasteiger partial charge is 0.109 e. The Morgan fingerprint density at radius 1 is 1.35 bits per heavy atom. The molecular formula is C17H25N3. The third kappa shape index (κ3) is 2.41. The van der Waals surface area contributed by atoms with Crippen LogP contribution in [0.4, 0.5) is 5.69 Å². The van der Waals surface area contributed by atoms with Crippen LogP contribution in [0.25, 0.3) is 11.0 Å². The van der Waals surface area contributed by atoms with E-state index in [1.54, 1.807) is 0 Å². The normalized spacial score (nSPS) is 22.7. The summed E-state index contributed by atoms with van der Waals surface area (Å²) in [6.07, 6.45) is 6.32. The van der Waals surface area contributed by atoms with Crippen molar-refractivity contribution < 1.29 is 0 Å². The zero-order valence-corrected chi connectivity index (χ0v) is 12.6. The Morgan fingerprint density at radius 2 is 2.20 bits per heavy atom. The molecule has 0 radical (unpaired) electrons. The second kappa shape index (κ2) is 5.47. The van der Waals surface area contributed by atoms with Crippen molar-refractivity contribution in [3.8, 4) is 0 Å². The topological polar surface area (TPSA) is 43.8 Å². The number of fused-ring (bicyclic) bond motifs is 1. The maximum atomic E-state index is 5.89. The molecule has 2 aromatic rings. The zero-order valence-electron chi connectivity index (χ0n) is 12.6. The first kappa shape index (κ1) is 13.5. The Morgan fingerprint density at radius 3 is 2.90 bits per heavy atom. The molecule has 0 bridgehead atoms. The molecule has 0 amide bonds. The third-order valence-corrected chi connectivity index (χ3v) is 4.78. The summed E-state index contributed by atoms with van der Waals surface area (Å²) in [4.78, 5) is 4.81. The van der Waals surface area contributed by atoms with Gasteiger partial charge < -0.3 is 10.3 Å². The minimum Gasteiger partial charge on any atom is -0.399 e. The Bertz CT molecular complexity index is 600. The number of anilines is 1. The number of nitrogens with two attached hydrogens (primary N) is 1. The van der Waals surface area contributed by atoms with Gasteiger partial charge >= 0.3 is 0 Å². The lowest BCUT2D eigenvalue weighted by atomic mass is 9.98. The number of benzene rings is 1. The highest BCUT2D eigenvalue weighted by Gasteiger charge is 2.25. The van der Waals surface area contributed by atoms with Crippen LogP contribution in [0.2, 0.25) is 0 Å². The highest BCUT2D eigenvalue weighted by Crippen LogP contribution is 2.33. The molecule has 2 unspecified atom stereocenters. The molecule has 1 fully saturated rings. The van der Waals surface area contributed by atoms with Gasteiger partial charge in [-0.1, -0.05) is 26.7 Å². The van der Waals surface area contributed by atoms with Gasteiger partial charge in [-0.3, -0.25) is 0 Å². The predicted octanol–water partition coefficient (Wildman–Crippen LogP) is 4.01. The number of rotatable bonds is 4. The van der Waals surface area contributed by atoms with Crippen LogP contribution < -0.4 is 5.73 Å². The predicted molar refractivity (Wildman–Crippen MR) is 84.6 cm³/mol. The second-order valence-corrected chi connectivity index (χ2v) is 6.31. The highest BCUT2D eigenvalue weighted by molar-refractivity contribution is 5.79. The van der Waals surface area contributed by atoms with Crippen molar-refractivity contribution in [1.29, 1.82) is 0 Å². The van der Waals surface area contributed by atoms with E-state index in [2.05, 4.69) is 24.5 Å². The van der Waals surface area contributed by atoms with Crippen molar-refractivity contribution in [3.63, 3.8) is 0 Å². The van der Waals surface area contributed by atoms with E-state index in [4.69, 9.17) is 10.7 Å². The average molecular weight is 271 g/mol. The van der Waals surface area contributed by atoms with Crippen LogP contribution >= 0.6 is 0 Å². The quantitative estimate of drug-likeness (QED) is 0.854. The lowest BCUT2D eigenvalue weighted by Crippen LogP contribution is -2.15. The molecule has 1 heterocycles. The molecule has 2 atom stereocenters. The van der Waals surface area contributed by atoms with Gasteiger partial charge in [0.05, 0.1) is 11.0 Å². The van der Waals surface area contributed by atoms with Gasteiger partial charge in [0.15, 0.2) is 0 Å². The van der Waals surface area contributed by atoms with Crippen molar-refractivity contribution in [2.45, 2.75) is 52.5 Å². The summed E-state index contributed by atoms with van der Waals surface area (Å²) in [6, 6.07) is 6.13. The number of nitrogens with zero attached hydrogens (tertiary/aromatic N) is 2. The van der Waals surface area contributed by atoms with Gasteiger partial charge in [-0.2, -0.15) is 0 Å². The molecule has 1 aromatic carbocycles.